The molecule has 0 aliphatic rings. The SMILES string of the molecule is CSCC[C@@H](NC(=O)c1cc(COc2ccc(-c3ccccc3)cc2)c(C)o1)C(=O)O. The fourth-order valence-electron chi connectivity index (χ4n) is 3.03. The smallest absolute Gasteiger partial charge is 0.326 e. The molecule has 2 aromatic carbocycles. The van der Waals surface area contributed by atoms with Crippen LogP contribution in [0.25, 0.3) is 11.1 Å². The van der Waals surface area contributed by atoms with Gasteiger partial charge < -0.3 is 19.6 Å². The lowest BCUT2D eigenvalue weighted by Crippen LogP contribution is -2.41. The summed E-state index contributed by atoms with van der Waals surface area (Å²) in [6, 6.07) is 18.5. The van der Waals surface area contributed by atoms with Gasteiger partial charge in [0.2, 0.25) is 0 Å². The fourth-order valence-corrected chi connectivity index (χ4v) is 3.50. The Kier molecular flexibility index (Phi) is 7.78. The van der Waals surface area contributed by atoms with Crippen LogP contribution >= 0.6 is 11.8 Å². The standard InChI is InChI=1S/C24H25NO5S/c1-16-19(14-22(30-16)23(26)25-21(24(27)28)12-13-31-2)15-29-20-10-8-18(9-11-20)17-6-4-3-5-7-17/h3-11,14,21H,12-13,15H2,1-2H3,(H,25,26)(H,27,28)/t21-/m1/s1. The lowest BCUT2D eigenvalue weighted by atomic mass is 10.1. The third kappa shape index (κ3) is 6.15. The summed E-state index contributed by atoms with van der Waals surface area (Å²) in [5.41, 5.74) is 2.96. The number of nitrogens with one attached hydrogen (secondary N) is 1. The Morgan fingerprint density at radius 1 is 1.10 bits per heavy atom. The molecule has 1 amide bonds. The Morgan fingerprint density at radius 2 is 1.77 bits per heavy atom. The second kappa shape index (κ2) is 10.7. The number of ether oxygens (including phenoxy) is 1. The van der Waals surface area contributed by atoms with E-state index in [0.717, 1.165) is 16.7 Å². The van der Waals surface area contributed by atoms with E-state index in [1.807, 2.05) is 60.9 Å². The fraction of sp³-hybridized carbons (Fsp3) is 0.250. The van der Waals surface area contributed by atoms with Crippen molar-refractivity contribution in [3.8, 4) is 16.9 Å². The molecule has 31 heavy (non-hydrogen) atoms. The number of thioether (sulfide) groups is 1. The molecule has 3 rings (SSSR count). The minimum atomic E-state index is -1.06. The second-order valence-corrected chi connectivity index (χ2v) is 8.00. The molecule has 1 atom stereocenters. The van der Waals surface area contributed by atoms with Gasteiger partial charge >= 0.3 is 5.97 Å². The van der Waals surface area contributed by atoms with Gasteiger partial charge in [0.15, 0.2) is 5.76 Å². The van der Waals surface area contributed by atoms with Crippen molar-refractivity contribution in [2.45, 2.75) is 26.0 Å². The van der Waals surface area contributed by atoms with Crippen molar-refractivity contribution in [2.24, 2.45) is 0 Å². The molecule has 1 heterocycles. The van der Waals surface area contributed by atoms with Gasteiger partial charge in [-0.05, 0) is 54.7 Å². The molecule has 0 spiro atoms. The average molecular weight is 440 g/mol. The van der Waals surface area contributed by atoms with Gasteiger partial charge in [-0.3, -0.25) is 4.79 Å². The van der Waals surface area contributed by atoms with Crippen LogP contribution in [0.1, 0.15) is 28.3 Å². The number of carbonyl (C=O) groups excluding carboxylic acids is 1. The van der Waals surface area contributed by atoms with Gasteiger partial charge in [0.25, 0.3) is 5.91 Å². The van der Waals surface area contributed by atoms with Crippen molar-refractivity contribution in [3.05, 3.63) is 77.7 Å². The van der Waals surface area contributed by atoms with Crippen molar-refractivity contribution in [2.75, 3.05) is 12.0 Å². The largest absolute Gasteiger partial charge is 0.489 e. The normalized spacial score (nSPS) is 11.7. The molecule has 0 saturated heterocycles. The van der Waals surface area contributed by atoms with Crippen LogP contribution in [0.3, 0.4) is 0 Å². The molecule has 6 nitrogen and oxygen atoms in total. The summed E-state index contributed by atoms with van der Waals surface area (Å²) >= 11 is 1.53. The molecule has 0 saturated carbocycles. The monoisotopic (exact) mass is 439 g/mol. The third-order valence-corrected chi connectivity index (χ3v) is 5.46. The summed E-state index contributed by atoms with van der Waals surface area (Å²) in [6.45, 7) is 1.98. The van der Waals surface area contributed by atoms with Gasteiger partial charge in [-0.2, -0.15) is 11.8 Å². The highest BCUT2D eigenvalue weighted by atomic mass is 32.2. The second-order valence-electron chi connectivity index (χ2n) is 7.02. The van der Waals surface area contributed by atoms with E-state index in [0.29, 0.717) is 23.7 Å². The summed E-state index contributed by atoms with van der Waals surface area (Å²) < 4.78 is 11.4. The number of benzene rings is 2. The zero-order valence-electron chi connectivity index (χ0n) is 17.5. The summed E-state index contributed by atoms with van der Waals surface area (Å²) in [7, 11) is 0. The molecule has 3 aromatic rings. The molecular formula is C24H25NO5S. The Hall–Kier alpha value is -3.19. The maximum Gasteiger partial charge on any atom is 0.326 e. The zero-order chi connectivity index (χ0) is 22.2. The van der Waals surface area contributed by atoms with E-state index < -0.39 is 17.9 Å². The molecule has 1 aromatic heterocycles. The lowest BCUT2D eigenvalue weighted by molar-refractivity contribution is -0.139. The highest BCUT2D eigenvalue weighted by Gasteiger charge is 2.23. The van der Waals surface area contributed by atoms with Gasteiger partial charge in [-0.25, -0.2) is 4.79 Å². The maximum atomic E-state index is 12.4. The molecule has 0 aliphatic carbocycles. The topological polar surface area (TPSA) is 88.8 Å². The molecule has 0 unspecified atom stereocenters. The van der Waals surface area contributed by atoms with Crippen LogP contribution in [-0.4, -0.2) is 35.0 Å². The average Bonchev–Trinajstić information content (AvgIpc) is 3.16. The predicted octanol–water partition coefficient (Wildman–Crippen LogP) is 4.77. The maximum absolute atomic E-state index is 12.4. The first-order chi connectivity index (χ1) is 15.0. The Bertz CT molecular complexity index is 1010. The third-order valence-electron chi connectivity index (χ3n) is 4.81. The van der Waals surface area contributed by atoms with Crippen LogP contribution in [0, 0.1) is 6.92 Å². The number of hydrogen-bond acceptors (Lipinski definition) is 5. The van der Waals surface area contributed by atoms with E-state index in [2.05, 4.69) is 5.32 Å². The number of amides is 1. The van der Waals surface area contributed by atoms with Crippen LogP contribution in [0.5, 0.6) is 5.75 Å². The van der Waals surface area contributed by atoms with Gasteiger partial charge in [0.1, 0.15) is 24.2 Å². The van der Waals surface area contributed by atoms with Crippen LogP contribution in [0.4, 0.5) is 0 Å². The Morgan fingerprint density at radius 3 is 2.42 bits per heavy atom. The molecule has 0 bridgehead atoms. The number of aliphatic carboxylic acids is 1. The molecule has 2 N–H and O–H groups in total. The number of carbonyl (C=O) groups is 2. The first-order valence-corrected chi connectivity index (χ1v) is 11.3. The van der Waals surface area contributed by atoms with Gasteiger partial charge in [-0.15, -0.1) is 0 Å². The highest BCUT2D eigenvalue weighted by molar-refractivity contribution is 7.98. The molecule has 0 radical (unpaired) electrons. The van der Waals surface area contributed by atoms with E-state index in [1.165, 1.54) is 11.8 Å². The number of carboxylic acids is 1. The molecule has 7 heteroatoms. The first-order valence-electron chi connectivity index (χ1n) is 9.88. The van der Waals surface area contributed by atoms with Crippen molar-refractivity contribution >= 4 is 23.6 Å². The number of carboxylic acid groups (broad SMARTS) is 1. The molecule has 0 fully saturated rings. The number of aryl methyl sites for hydroxylation is 1. The summed E-state index contributed by atoms with van der Waals surface area (Å²) in [4.78, 5) is 23.8. The van der Waals surface area contributed by atoms with Crippen LogP contribution < -0.4 is 10.1 Å². The van der Waals surface area contributed by atoms with Gasteiger partial charge in [0, 0.05) is 5.56 Å². The quantitative estimate of drug-likeness (QED) is 0.473. The summed E-state index contributed by atoms with van der Waals surface area (Å²) in [5, 5.41) is 11.8. The number of rotatable bonds is 10. The Labute approximate surface area is 185 Å². The summed E-state index contributed by atoms with van der Waals surface area (Å²) in [5.74, 6) is 0.363. The van der Waals surface area contributed by atoms with Crippen LogP contribution in [-0.2, 0) is 11.4 Å². The Balaban J connectivity index is 1.60. The van der Waals surface area contributed by atoms with Crippen molar-refractivity contribution in [3.63, 3.8) is 0 Å². The van der Waals surface area contributed by atoms with Crippen molar-refractivity contribution in [1.82, 2.24) is 5.32 Å². The molecule has 0 aliphatic heterocycles. The van der Waals surface area contributed by atoms with Gasteiger partial charge in [0.05, 0.1) is 0 Å². The minimum absolute atomic E-state index is 0.0749. The van der Waals surface area contributed by atoms with Crippen LogP contribution in [0.2, 0.25) is 0 Å². The van der Waals surface area contributed by atoms with E-state index in [9.17, 15) is 14.7 Å². The van der Waals surface area contributed by atoms with Crippen molar-refractivity contribution < 1.29 is 23.8 Å². The first kappa shape index (κ1) is 22.5. The molecule has 162 valence electrons. The van der Waals surface area contributed by atoms with E-state index in [-0.39, 0.29) is 12.4 Å². The van der Waals surface area contributed by atoms with Gasteiger partial charge in [-0.1, -0.05) is 42.5 Å². The zero-order valence-corrected chi connectivity index (χ0v) is 18.3. The minimum Gasteiger partial charge on any atom is -0.489 e. The van der Waals surface area contributed by atoms with E-state index >= 15 is 0 Å². The van der Waals surface area contributed by atoms with E-state index in [4.69, 9.17) is 9.15 Å². The van der Waals surface area contributed by atoms with Crippen molar-refractivity contribution in [1.29, 1.82) is 0 Å². The van der Waals surface area contributed by atoms with Crippen LogP contribution in [0.15, 0.2) is 65.1 Å². The predicted molar refractivity (Wildman–Crippen MR) is 122 cm³/mol. The van der Waals surface area contributed by atoms with E-state index in [1.54, 1.807) is 13.0 Å². The summed E-state index contributed by atoms with van der Waals surface area (Å²) in [6.07, 6.45) is 2.23. The number of hydrogen-bond donors (Lipinski definition) is 2. The highest BCUT2D eigenvalue weighted by Crippen LogP contribution is 2.23. The lowest BCUT2D eigenvalue weighted by Gasteiger charge is -2.12. The number of furan rings is 1. The molecular weight excluding hydrogens is 414 g/mol.